The van der Waals surface area contributed by atoms with E-state index in [2.05, 4.69) is 10.6 Å². The Bertz CT molecular complexity index is 822. The van der Waals surface area contributed by atoms with E-state index in [0.717, 1.165) is 12.1 Å². The average molecular weight is 348 g/mol. The van der Waals surface area contributed by atoms with Gasteiger partial charge in [-0.15, -0.1) is 0 Å². The molecule has 0 spiro atoms. The number of anilines is 1. The summed E-state index contributed by atoms with van der Waals surface area (Å²) in [6, 6.07) is 7.59. The minimum absolute atomic E-state index is 0.0641. The van der Waals surface area contributed by atoms with Gasteiger partial charge in [0.05, 0.1) is 0 Å². The van der Waals surface area contributed by atoms with Gasteiger partial charge in [-0.3, -0.25) is 10.1 Å². The van der Waals surface area contributed by atoms with Crippen molar-refractivity contribution in [3.63, 3.8) is 0 Å². The van der Waals surface area contributed by atoms with Crippen molar-refractivity contribution in [3.05, 3.63) is 58.9 Å². The second-order valence-corrected chi connectivity index (χ2v) is 5.32. The molecular formula is C16H13FN2O4S. The number of rotatable bonds is 3. The summed E-state index contributed by atoms with van der Waals surface area (Å²) in [5.74, 6) is -2.63. The van der Waals surface area contributed by atoms with Crippen LogP contribution in [0.5, 0.6) is 5.75 Å². The van der Waals surface area contributed by atoms with Crippen LogP contribution in [0.25, 0.3) is 0 Å². The second kappa shape index (κ2) is 7.05. The Morgan fingerprint density at radius 2 is 1.79 bits per heavy atom. The highest BCUT2D eigenvalue weighted by atomic mass is 32.1. The molecule has 0 aromatic heterocycles. The zero-order valence-corrected chi connectivity index (χ0v) is 13.3. The largest absolute Gasteiger partial charge is 0.507 e. The first kappa shape index (κ1) is 17.4. The van der Waals surface area contributed by atoms with Crippen molar-refractivity contribution in [2.75, 3.05) is 5.32 Å². The Hall–Kier alpha value is -3.00. The number of phenols is 1. The number of benzene rings is 2. The van der Waals surface area contributed by atoms with Crippen LogP contribution < -0.4 is 10.6 Å². The standard InChI is InChI=1S/C16H13FN2O4S/c1-8-6-11(7-12(13(8)20)15(22)23)18-16(24)19-14(21)9-2-4-10(17)5-3-9/h2-7,20H,1H3,(H,22,23)(H2,18,19,21,24). The molecule has 0 unspecified atom stereocenters. The van der Waals surface area contributed by atoms with Crippen LogP contribution in [0.1, 0.15) is 26.3 Å². The SMILES string of the molecule is Cc1cc(NC(=S)NC(=O)c2ccc(F)cc2)cc(C(=O)O)c1O. The minimum atomic E-state index is -1.29. The predicted molar refractivity (Wildman–Crippen MR) is 89.9 cm³/mol. The number of carboxylic acid groups (broad SMARTS) is 1. The van der Waals surface area contributed by atoms with Crippen molar-refractivity contribution < 1.29 is 24.2 Å². The molecule has 6 nitrogen and oxygen atoms in total. The normalized spacial score (nSPS) is 10.1. The van der Waals surface area contributed by atoms with Gasteiger partial charge in [0.1, 0.15) is 17.1 Å². The van der Waals surface area contributed by atoms with Crippen LogP contribution in [0.3, 0.4) is 0 Å². The molecule has 0 saturated heterocycles. The first-order chi connectivity index (χ1) is 11.3. The molecule has 0 aliphatic heterocycles. The van der Waals surface area contributed by atoms with Crippen molar-refractivity contribution in [2.45, 2.75) is 6.92 Å². The number of hydrogen-bond acceptors (Lipinski definition) is 4. The Kier molecular flexibility index (Phi) is 5.10. The lowest BCUT2D eigenvalue weighted by molar-refractivity contribution is 0.0693. The maximum atomic E-state index is 12.8. The van der Waals surface area contributed by atoms with Crippen molar-refractivity contribution >= 4 is 34.9 Å². The summed E-state index contributed by atoms with van der Waals surface area (Å²) in [5.41, 5.74) is 0.566. The number of nitrogens with one attached hydrogen (secondary N) is 2. The second-order valence-electron chi connectivity index (χ2n) is 4.91. The molecule has 0 aliphatic carbocycles. The summed E-state index contributed by atoms with van der Waals surface area (Å²) < 4.78 is 12.8. The van der Waals surface area contributed by atoms with Gasteiger partial charge in [0.15, 0.2) is 5.11 Å². The van der Waals surface area contributed by atoms with Gasteiger partial charge in [-0.2, -0.15) is 0 Å². The molecule has 2 rings (SSSR count). The molecule has 4 N–H and O–H groups in total. The van der Waals surface area contributed by atoms with Crippen molar-refractivity contribution in [1.82, 2.24) is 5.32 Å². The Balaban J connectivity index is 2.11. The summed E-state index contributed by atoms with van der Waals surface area (Å²) in [6.45, 7) is 1.53. The highest BCUT2D eigenvalue weighted by molar-refractivity contribution is 7.80. The van der Waals surface area contributed by atoms with Crippen LogP contribution in [0, 0.1) is 12.7 Å². The molecule has 0 aliphatic rings. The fourth-order valence-corrected chi connectivity index (χ4v) is 2.16. The van der Waals surface area contributed by atoms with E-state index in [0.29, 0.717) is 11.3 Å². The molecule has 1 amide bonds. The molecule has 0 atom stereocenters. The van der Waals surface area contributed by atoms with Gasteiger partial charge in [0.2, 0.25) is 0 Å². The fraction of sp³-hybridized carbons (Fsp3) is 0.0625. The average Bonchev–Trinajstić information content (AvgIpc) is 2.50. The van der Waals surface area contributed by atoms with Gasteiger partial charge in [-0.25, -0.2) is 9.18 Å². The predicted octanol–water partition coefficient (Wildman–Crippen LogP) is 2.66. The quantitative estimate of drug-likeness (QED) is 0.503. The Labute approximate surface area is 141 Å². The molecule has 124 valence electrons. The smallest absolute Gasteiger partial charge is 0.339 e. The van der Waals surface area contributed by atoms with Gasteiger partial charge in [0.25, 0.3) is 5.91 Å². The molecule has 0 radical (unpaired) electrons. The molecule has 0 bridgehead atoms. The van der Waals surface area contributed by atoms with E-state index in [9.17, 15) is 19.1 Å². The monoisotopic (exact) mass is 348 g/mol. The van der Waals surface area contributed by atoms with E-state index in [1.807, 2.05) is 0 Å². The summed E-state index contributed by atoms with van der Waals surface area (Å²) in [4.78, 5) is 23.0. The van der Waals surface area contributed by atoms with Crippen LogP contribution >= 0.6 is 12.2 Å². The molecule has 0 saturated carbocycles. The highest BCUT2D eigenvalue weighted by Crippen LogP contribution is 2.26. The summed E-state index contributed by atoms with van der Waals surface area (Å²) in [6.07, 6.45) is 0. The molecule has 24 heavy (non-hydrogen) atoms. The molecule has 2 aromatic carbocycles. The summed E-state index contributed by atoms with van der Waals surface area (Å²) in [5, 5.41) is 23.7. The number of aromatic hydroxyl groups is 1. The lowest BCUT2D eigenvalue weighted by atomic mass is 10.1. The van der Waals surface area contributed by atoms with Crippen LogP contribution in [-0.4, -0.2) is 27.2 Å². The van der Waals surface area contributed by atoms with Gasteiger partial charge in [-0.05, 0) is 61.1 Å². The third-order valence-corrected chi connectivity index (χ3v) is 3.33. The Morgan fingerprint density at radius 1 is 1.17 bits per heavy atom. The topological polar surface area (TPSA) is 98.7 Å². The van der Waals surface area contributed by atoms with Crippen LogP contribution in [-0.2, 0) is 0 Å². The number of amides is 1. The van der Waals surface area contributed by atoms with Gasteiger partial charge in [-0.1, -0.05) is 0 Å². The molecule has 0 fully saturated rings. The third kappa shape index (κ3) is 4.05. The van der Waals surface area contributed by atoms with Crippen molar-refractivity contribution in [3.8, 4) is 5.75 Å². The number of carboxylic acids is 1. The van der Waals surface area contributed by atoms with Crippen LogP contribution in [0.15, 0.2) is 36.4 Å². The van der Waals surface area contributed by atoms with E-state index in [-0.39, 0.29) is 22.0 Å². The van der Waals surface area contributed by atoms with Crippen molar-refractivity contribution in [1.29, 1.82) is 0 Å². The first-order valence-electron chi connectivity index (χ1n) is 6.72. The number of aryl methyl sites for hydroxylation is 1. The lowest BCUT2D eigenvalue weighted by Crippen LogP contribution is -2.34. The Morgan fingerprint density at radius 3 is 2.38 bits per heavy atom. The van der Waals surface area contributed by atoms with Crippen LogP contribution in [0.4, 0.5) is 10.1 Å². The number of carbonyl (C=O) groups is 2. The number of halogens is 1. The molecular weight excluding hydrogens is 335 g/mol. The lowest BCUT2D eigenvalue weighted by Gasteiger charge is -2.12. The van der Waals surface area contributed by atoms with E-state index in [1.165, 1.54) is 31.2 Å². The summed E-state index contributed by atoms with van der Waals surface area (Å²) >= 11 is 5.00. The van der Waals surface area contributed by atoms with Crippen LogP contribution in [0.2, 0.25) is 0 Å². The van der Waals surface area contributed by atoms with Crippen molar-refractivity contribution in [2.24, 2.45) is 0 Å². The molecule has 0 heterocycles. The van der Waals surface area contributed by atoms with Gasteiger partial charge >= 0.3 is 5.97 Å². The van der Waals surface area contributed by atoms with Gasteiger partial charge in [0, 0.05) is 11.3 Å². The number of aromatic carboxylic acids is 1. The fourth-order valence-electron chi connectivity index (χ4n) is 1.95. The summed E-state index contributed by atoms with van der Waals surface area (Å²) in [7, 11) is 0. The minimum Gasteiger partial charge on any atom is -0.507 e. The third-order valence-electron chi connectivity index (χ3n) is 3.12. The maximum Gasteiger partial charge on any atom is 0.339 e. The first-order valence-corrected chi connectivity index (χ1v) is 7.13. The number of carbonyl (C=O) groups excluding carboxylic acids is 1. The maximum absolute atomic E-state index is 12.8. The van der Waals surface area contributed by atoms with E-state index < -0.39 is 17.7 Å². The van der Waals surface area contributed by atoms with E-state index in [4.69, 9.17) is 17.3 Å². The van der Waals surface area contributed by atoms with E-state index in [1.54, 1.807) is 0 Å². The van der Waals surface area contributed by atoms with E-state index >= 15 is 0 Å². The zero-order chi connectivity index (χ0) is 17.9. The van der Waals surface area contributed by atoms with Gasteiger partial charge < -0.3 is 15.5 Å². The number of hydrogen-bond donors (Lipinski definition) is 4. The molecule has 2 aromatic rings. The molecule has 8 heteroatoms. The zero-order valence-electron chi connectivity index (χ0n) is 12.5. The highest BCUT2D eigenvalue weighted by Gasteiger charge is 2.14. The number of thiocarbonyl (C=S) groups is 1.